The minimum absolute atomic E-state index is 0.0197. The lowest BCUT2D eigenvalue weighted by Crippen LogP contribution is -2.51. The molecule has 0 heterocycles. The van der Waals surface area contributed by atoms with Crippen LogP contribution in [0.2, 0.25) is 5.02 Å². The smallest absolute Gasteiger partial charge is 0.334 e. The first-order valence-electron chi connectivity index (χ1n) is 7.92. The largest absolute Gasteiger partial charge is 0.479 e. The fourth-order valence-electron chi connectivity index (χ4n) is 2.31. The summed E-state index contributed by atoms with van der Waals surface area (Å²) in [4.78, 5) is 35.5. The molecule has 1 rings (SSSR count). The van der Waals surface area contributed by atoms with Gasteiger partial charge >= 0.3 is 5.97 Å². The van der Waals surface area contributed by atoms with Crippen LogP contribution in [-0.2, 0) is 19.9 Å². The predicted octanol–water partition coefficient (Wildman–Crippen LogP) is 2.45. The third-order valence-electron chi connectivity index (χ3n) is 3.74. The van der Waals surface area contributed by atoms with Crippen molar-refractivity contribution in [3.8, 4) is 0 Å². The van der Waals surface area contributed by atoms with E-state index in [-0.39, 0.29) is 25.2 Å². The molecule has 0 aromatic heterocycles. The first-order chi connectivity index (χ1) is 11.4. The SMILES string of the molecule is CCCNC(=O)CCC(=O)NC(CC)(C(=O)O)c1ccc(Cl)cc1. The van der Waals surface area contributed by atoms with E-state index in [9.17, 15) is 19.5 Å². The number of hydrogen-bond donors (Lipinski definition) is 3. The summed E-state index contributed by atoms with van der Waals surface area (Å²) in [7, 11) is 0. The lowest BCUT2D eigenvalue weighted by molar-refractivity contribution is -0.148. The van der Waals surface area contributed by atoms with Crippen molar-refractivity contribution < 1.29 is 19.5 Å². The molecule has 2 amide bonds. The van der Waals surface area contributed by atoms with Gasteiger partial charge in [0, 0.05) is 24.4 Å². The number of carboxylic acid groups (broad SMARTS) is 1. The molecule has 7 heteroatoms. The molecule has 24 heavy (non-hydrogen) atoms. The highest BCUT2D eigenvalue weighted by atomic mass is 35.5. The standard InChI is InChI=1S/C17H23ClN2O4/c1-3-11-19-14(21)9-10-15(22)20-17(4-2,16(23)24)12-5-7-13(18)8-6-12/h5-8H,3-4,9-11H2,1-2H3,(H,19,21)(H,20,22)(H,23,24). The van der Waals surface area contributed by atoms with Gasteiger partial charge in [-0.2, -0.15) is 0 Å². The van der Waals surface area contributed by atoms with E-state index in [2.05, 4.69) is 10.6 Å². The summed E-state index contributed by atoms with van der Waals surface area (Å²) in [6.07, 6.45) is 0.925. The highest BCUT2D eigenvalue weighted by molar-refractivity contribution is 6.30. The van der Waals surface area contributed by atoms with Crippen molar-refractivity contribution in [3.05, 3.63) is 34.9 Å². The van der Waals surface area contributed by atoms with Gasteiger partial charge in [0.15, 0.2) is 5.54 Å². The molecule has 0 saturated heterocycles. The Kier molecular flexibility index (Phi) is 7.71. The summed E-state index contributed by atoms with van der Waals surface area (Å²) >= 11 is 5.84. The minimum Gasteiger partial charge on any atom is -0.479 e. The number of benzene rings is 1. The maximum absolute atomic E-state index is 12.2. The van der Waals surface area contributed by atoms with E-state index in [1.54, 1.807) is 31.2 Å². The fourth-order valence-corrected chi connectivity index (χ4v) is 2.43. The number of carbonyl (C=O) groups excluding carboxylic acids is 2. The first-order valence-corrected chi connectivity index (χ1v) is 8.30. The fraction of sp³-hybridized carbons (Fsp3) is 0.471. The molecular formula is C17H23ClN2O4. The van der Waals surface area contributed by atoms with E-state index in [1.165, 1.54) is 0 Å². The number of carbonyl (C=O) groups is 3. The lowest BCUT2D eigenvalue weighted by atomic mass is 9.87. The van der Waals surface area contributed by atoms with Crippen LogP contribution < -0.4 is 10.6 Å². The van der Waals surface area contributed by atoms with Gasteiger partial charge in [-0.1, -0.05) is 37.6 Å². The maximum atomic E-state index is 12.2. The molecule has 0 bridgehead atoms. The molecular weight excluding hydrogens is 332 g/mol. The zero-order valence-corrected chi connectivity index (χ0v) is 14.7. The van der Waals surface area contributed by atoms with Crippen LogP contribution in [0.1, 0.15) is 45.1 Å². The van der Waals surface area contributed by atoms with Crippen molar-refractivity contribution in [1.29, 1.82) is 0 Å². The van der Waals surface area contributed by atoms with Crippen molar-refractivity contribution in [1.82, 2.24) is 10.6 Å². The second-order valence-electron chi connectivity index (χ2n) is 5.47. The Labute approximate surface area is 146 Å². The van der Waals surface area contributed by atoms with Crippen LogP contribution in [0.4, 0.5) is 0 Å². The molecule has 1 atom stereocenters. The zero-order valence-electron chi connectivity index (χ0n) is 13.9. The van der Waals surface area contributed by atoms with Gasteiger partial charge in [0.25, 0.3) is 0 Å². The Bertz CT molecular complexity index is 589. The van der Waals surface area contributed by atoms with Gasteiger partial charge in [0.05, 0.1) is 0 Å². The normalized spacial score (nSPS) is 13.0. The molecule has 6 nitrogen and oxygen atoms in total. The van der Waals surface area contributed by atoms with E-state index in [1.807, 2.05) is 6.92 Å². The lowest BCUT2D eigenvalue weighted by Gasteiger charge is -2.30. The van der Waals surface area contributed by atoms with E-state index in [0.717, 1.165) is 6.42 Å². The molecule has 0 aliphatic rings. The van der Waals surface area contributed by atoms with Crippen molar-refractivity contribution >= 4 is 29.4 Å². The monoisotopic (exact) mass is 354 g/mol. The average Bonchev–Trinajstić information content (AvgIpc) is 2.56. The summed E-state index contributed by atoms with van der Waals surface area (Å²) in [6, 6.07) is 6.31. The molecule has 3 N–H and O–H groups in total. The molecule has 1 aromatic carbocycles. The highest BCUT2D eigenvalue weighted by Crippen LogP contribution is 2.27. The number of nitrogens with one attached hydrogen (secondary N) is 2. The topological polar surface area (TPSA) is 95.5 Å². The Morgan fingerprint density at radius 3 is 2.17 bits per heavy atom. The highest BCUT2D eigenvalue weighted by Gasteiger charge is 2.40. The quantitative estimate of drug-likeness (QED) is 0.634. The first kappa shape index (κ1) is 20.0. The van der Waals surface area contributed by atoms with Crippen LogP contribution in [0.3, 0.4) is 0 Å². The number of hydrogen-bond acceptors (Lipinski definition) is 3. The van der Waals surface area contributed by atoms with E-state index in [0.29, 0.717) is 17.1 Å². The Balaban J connectivity index is 2.83. The average molecular weight is 355 g/mol. The number of carboxylic acids is 1. The summed E-state index contributed by atoms with van der Waals surface area (Å²) in [5, 5.41) is 15.4. The zero-order chi connectivity index (χ0) is 18.2. The third kappa shape index (κ3) is 5.23. The van der Waals surface area contributed by atoms with Crippen LogP contribution in [0, 0.1) is 0 Å². The molecule has 0 radical (unpaired) electrons. The molecule has 132 valence electrons. The number of amides is 2. The van der Waals surface area contributed by atoms with Gasteiger partial charge in [-0.05, 0) is 30.5 Å². The van der Waals surface area contributed by atoms with Crippen LogP contribution in [0.15, 0.2) is 24.3 Å². The minimum atomic E-state index is -1.54. The molecule has 0 saturated carbocycles. The van der Waals surface area contributed by atoms with Crippen LogP contribution >= 0.6 is 11.6 Å². The second-order valence-corrected chi connectivity index (χ2v) is 5.91. The molecule has 0 aliphatic carbocycles. The maximum Gasteiger partial charge on any atom is 0.334 e. The van der Waals surface area contributed by atoms with Gasteiger partial charge in [0.1, 0.15) is 0 Å². The van der Waals surface area contributed by atoms with Crippen molar-refractivity contribution in [3.63, 3.8) is 0 Å². The second kappa shape index (κ2) is 9.27. The van der Waals surface area contributed by atoms with Crippen molar-refractivity contribution in [2.45, 2.75) is 45.1 Å². The number of aliphatic carboxylic acids is 1. The van der Waals surface area contributed by atoms with Crippen molar-refractivity contribution in [2.24, 2.45) is 0 Å². The van der Waals surface area contributed by atoms with E-state index >= 15 is 0 Å². The Morgan fingerprint density at radius 1 is 1.08 bits per heavy atom. The van der Waals surface area contributed by atoms with Crippen LogP contribution in [-0.4, -0.2) is 29.4 Å². The van der Waals surface area contributed by atoms with Gasteiger partial charge in [-0.3, -0.25) is 9.59 Å². The summed E-state index contributed by atoms with van der Waals surface area (Å²) in [5.74, 6) is -1.87. The van der Waals surface area contributed by atoms with Crippen LogP contribution in [0.25, 0.3) is 0 Å². The van der Waals surface area contributed by atoms with Crippen LogP contribution in [0.5, 0.6) is 0 Å². The molecule has 1 unspecified atom stereocenters. The van der Waals surface area contributed by atoms with Gasteiger partial charge < -0.3 is 15.7 Å². The molecule has 1 aromatic rings. The summed E-state index contributed by atoms with van der Waals surface area (Å²) < 4.78 is 0. The van der Waals surface area contributed by atoms with Crippen molar-refractivity contribution in [2.75, 3.05) is 6.54 Å². The molecule has 0 spiro atoms. The van der Waals surface area contributed by atoms with Gasteiger partial charge in [-0.15, -0.1) is 0 Å². The van der Waals surface area contributed by atoms with Gasteiger partial charge in [0.2, 0.25) is 11.8 Å². The Morgan fingerprint density at radius 2 is 1.67 bits per heavy atom. The Hall–Kier alpha value is -2.08. The predicted molar refractivity (Wildman–Crippen MR) is 91.7 cm³/mol. The molecule has 0 fully saturated rings. The number of rotatable bonds is 9. The third-order valence-corrected chi connectivity index (χ3v) is 3.99. The molecule has 0 aliphatic heterocycles. The van der Waals surface area contributed by atoms with E-state index < -0.39 is 17.4 Å². The van der Waals surface area contributed by atoms with E-state index in [4.69, 9.17) is 11.6 Å². The number of halogens is 1. The summed E-state index contributed by atoms with van der Waals surface area (Å²) in [5.41, 5.74) is -1.10. The van der Waals surface area contributed by atoms with Gasteiger partial charge in [-0.25, -0.2) is 4.79 Å². The summed E-state index contributed by atoms with van der Waals surface area (Å²) in [6.45, 7) is 4.16.